The normalized spacial score (nSPS) is 27.1. The monoisotopic (exact) mass is 290 g/mol. The first kappa shape index (κ1) is 17.8. The van der Waals surface area contributed by atoms with E-state index in [0.29, 0.717) is 32.3 Å². The summed E-state index contributed by atoms with van der Waals surface area (Å²) >= 11 is 0. The molecule has 1 saturated heterocycles. The molecule has 1 rings (SSSR count). The van der Waals surface area contributed by atoms with E-state index in [1.54, 1.807) is 7.11 Å². The van der Waals surface area contributed by atoms with E-state index in [-0.39, 0.29) is 12.2 Å². The number of nitrogens with zero attached hydrogens (tertiary/aromatic N) is 2. The van der Waals surface area contributed by atoms with E-state index in [1.807, 2.05) is 21.0 Å². The fourth-order valence-electron chi connectivity index (χ4n) is 2.67. The first-order chi connectivity index (χ1) is 9.42. The Bertz CT molecular complexity index is 266. The maximum Gasteiger partial charge on any atom is 0.0900 e. The highest BCUT2D eigenvalue weighted by atomic mass is 16.5. The second-order valence-electron chi connectivity index (χ2n) is 6.01. The van der Waals surface area contributed by atoms with Gasteiger partial charge in [-0.15, -0.1) is 0 Å². The number of likely N-dealkylation sites (tertiary alicyclic amines) is 1. The lowest BCUT2D eigenvalue weighted by molar-refractivity contribution is -0.0414. The van der Waals surface area contributed by atoms with Crippen LogP contribution in [0.5, 0.6) is 0 Å². The van der Waals surface area contributed by atoms with Gasteiger partial charge in [0, 0.05) is 32.8 Å². The van der Waals surface area contributed by atoms with Crippen molar-refractivity contribution in [1.82, 2.24) is 9.80 Å². The van der Waals surface area contributed by atoms with E-state index in [2.05, 4.69) is 9.80 Å². The Hall–Kier alpha value is -0.240. The third-order valence-electron chi connectivity index (χ3n) is 3.50. The Morgan fingerprint density at radius 3 is 2.65 bits per heavy atom. The summed E-state index contributed by atoms with van der Waals surface area (Å²) in [6.07, 6.45) is -0.0765. The summed E-state index contributed by atoms with van der Waals surface area (Å²) in [6, 6.07) is 0.297. The van der Waals surface area contributed by atoms with E-state index in [1.165, 1.54) is 0 Å². The minimum atomic E-state index is -0.538. The Morgan fingerprint density at radius 1 is 1.35 bits per heavy atom. The molecule has 0 amide bonds. The summed E-state index contributed by atoms with van der Waals surface area (Å²) in [6.45, 7) is 4.80. The summed E-state index contributed by atoms with van der Waals surface area (Å²) in [4.78, 5) is 4.26. The molecule has 0 aromatic heterocycles. The summed E-state index contributed by atoms with van der Waals surface area (Å²) in [5.74, 6) is 0. The van der Waals surface area contributed by atoms with E-state index < -0.39 is 6.10 Å². The number of ether oxygens (including phenoxy) is 2. The third kappa shape index (κ3) is 6.47. The van der Waals surface area contributed by atoms with Crippen LogP contribution >= 0.6 is 0 Å². The van der Waals surface area contributed by atoms with Crippen LogP contribution < -0.4 is 0 Å². The molecule has 0 aromatic rings. The van der Waals surface area contributed by atoms with Gasteiger partial charge in [0.15, 0.2) is 0 Å². The van der Waals surface area contributed by atoms with E-state index >= 15 is 0 Å². The van der Waals surface area contributed by atoms with Crippen LogP contribution in [0.4, 0.5) is 0 Å². The Labute approximate surface area is 122 Å². The molecule has 0 aromatic carbocycles. The zero-order valence-electron chi connectivity index (χ0n) is 13.2. The summed E-state index contributed by atoms with van der Waals surface area (Å²) in [5.41, 5.74) is 0. The fraction of sp³-hybridized carbons (Fsp3) is 1.00. The van der Waals surface area contributed by atoms with Crippen LogP contribution in [0.3, 0.4) is 0 Å². The van der Waals surface area contributed by atoms with Gasteiger partial charge in [-0.1, -0.05) is 0 Å². The third-order valence-corrected chi connectivity index (χ3v) is 3.50. The van der Waals surface area contributed by atoms with E-state index in [0.717, 1.165) is 13.0 Å². The van der Waals surface area contributed by atoms with Crippen molar-refractivity contribution in [2.24, 2.45) is 0 Å². The molecule has 6 heteroatoms. The predicted molar refractivity (Wildman–Crippen MR) is 77.8 cm³/mol. The van der Waals surface area contributed by atoms with Gasteiger partial charge >= 0.3 is 0 Å². The van der Waals surface area contributed by atoms with Crippen LogP contribution in [0.25, 0.3) is 0 Å². The minimum absolute atomic E-state index is 0.0172. The predicted octanol–water partition coefficient (Wildman–Crippen LogP) is -0.604. The Morgan fingerprint density at radius 2 is 2.05 bits per heavy atom. The molecular weight excluding hydrogens is 260 g/mol. The maximum absolute atomic E-state index is 10.1. The van der Waals surface area contributed by atoms with Crippen LogP contribution in [-0.4, -0.2) is 98.4 Å². The average Bonchev–Trinajstić information content (AvgIpc) is 2.66. The van der Waals surface area contributed by atoms with Crippen molar-refractivity contribution in [1.29, 1.82) is 0 Å². The fourth-order valence-corrected chi connectivity index (χ4v) is 2.67. The second kappa shape index (κ2) is 8.92. The van der Waals surface area contributed by atoms with Gasteiger partial charge < -0.3 is 24.6 Å². The highest BCUT2D eigenvalue weighted by molar-refractivity contribution is 4.87. The SMILES string of the molecule is COCC(C)OCC(O)CN1CC(O)CC1CN(C)C. The molecule has 4 unspecified atom stereocenters. The van der Waals surface area contributed by atoms with Gasteiger partial charge in [0.25, 0.3) is 0 Å². The molecule has 4 atom stereocenters. The molecule has 0 bridgehead atoms. The smallest absolute Gasteiger partial charge is 0.0900 e. The number of hydrogen-bond acceptors (Lipinski definition) is 6. The van der Waals surface area contributed by atoms with Gasteiger partial charge in [0.05, 0.1) is 31.5 Å². The van der Waals surface area contributed by atoms with E-state index in [9.17, 15) is 10.2 Å². The zero-order valence-corrected chi connectivity index (χ0v) is 13.2. The van der Waals surface area contributed by atoms with Crippen molar-refractivity contribution >= 4 is 0 Å². The molecule has 6 nitrogen and oxygen atoms in total. The van der Waals surface area contributed by atoms with Gasteiger partial charge in [-0.2, -0.15) is 0 Å². The molecule has 1 fully saturated rings. The molecule has 0 radical (unpaired) electrons. The van der Waals surface area contributed by atoms with Gasteiger partial charge in [-0.25, -0.2) is 0 Å². The van der Waals surface area contributed by atoms with Crippen LogP contribution in [0.15, 0.2) is 0 Å². The van der Waals surface area contributed by atoms with Gasteiger partial charge in [0.1, 0.15) is 0 Å². The van der Waals surface area contributed by atoms with Crippen LogP contribution in [0.1, 0.15) is 13.3 Å². The molecule has 20 heavy (non-hydrogen) atoms. The summed E-state index contributed by atoms with van der Waals surface area (Å²) in [5, 5.41) is 19.9. The minimum Gasteiger partial charge on any atom is -0.392 e. The Balaban J connectivity index is 2.33. The van der Waals surface area contributed by atoms with Crippen molar-refractivity contribution in [3.63, 3.8) is 0 Å². The molecule has 1 aliphatic rings. The number of aliphatic hydroxyl groups excluding tert-OH is 2. The van der Waals surface area contributed by atoms with Gasteiger partial charge in [-0.3, -0.25) is 4.90 Å². The zero-order chi connectivity index (χ0) is 15.1. The Kier molecular flexibility index (Phi) is 7.94. The first-order valence-corrected chi connectivity index (χ1v) is 7.27. The standard InChI is InChI=1S/C14H30N2O4/c1-11(9-19-4)20-10-14(18)8-16-7-13(17)5-12(16)6-15(2)3/h11-14,17-18H,5-10H2,1-4H3. The molecule has 0 aliphatic carbocycles. The number of hydrogen-bond donors (Lipinski definition) is 2. The number of aliphatic hydroxyl groups is 2. The second-order valence-corrected chi connectivity index (χ2v) is 6.01. The van der Waals surface area contributed by atoms with Crippen LogP contribution in [0, 0.1) is 0 Å². The molecule has 0 saturated carbocycles. The van der Waals surface area contributed by atoms with Crippen molar-refractivity contribution in [2.45, 2.75) is 37.7 Å². The summed E-state index contributed by atoms with van der Waals surface area (Å²) in [7, 11) is 5.68. The van der Waals surface area contributed by atoms with Crippen molar-refractivity contribution in [3.8, 4) is 0 Å². The number of β-amino-alcohol motifs (C(OH)–C–C–N with tert-alkyl or cyclic N) is 2. The van der Waals surface area contributed by atoms with E-state index in [4.69, 9.17) is 9.47 Å². The molecule has 2 N–H and O–H groups in total. The molecule has 0 spiro atoms. The van der Waals surface area contributed by atoms with Gasteiger partial charge in [0.2, 0.25) is 0 Å². The highest BCUT2D eigenvalue weighted by Gasteiger charge is 2.32. The highest BCUT2D eigenvalue weighted by Crippen LogP contribution is 2.18. The topological polar surface area (TPSA) is 65.4 Å². The van der Waals surface area contributed by atoms with Crippen molar-refractivity contribution in [3.05, 3.63) is 0 Å². The van der Waals surface area contributed by atoms with Crippen molar-refractivity contribution in [2.75, 3.05) is 54.1 Å². The quantitative estimate of drug-likeness (QED) is 0.591. The summed E-state index contributed by atoms with van der Waals surface area (Å²) < 4.78 is 10.5. The lowest BCUT2D eigenvalue weighted by Crippen LogP contribution is -2.43. The maximum atomic E-state index is 10.1. The lowest BCUT2D eigenvalue weighted by Gasteiger charge is -2.28. The molecular formula is C14H30N2O4. The number of methoxy groups -OCH3 is 1. The van der Waals surface area contributed by atoms with Gasteiger partial charge in [-0.05, 0) is 27.4 Å². The number of likely N-dealkylation sites (N-methyl/N-ethyl adjacent to an activating group) is 1. The first-order valence-electron chi connectivity index (χ1n) is 7.27. The molecule has 1 aliphatic heterocycles. The van der Waals surface area contributed by atoms with Crippen LogP contribution in [0.2, 0.25) is 0 Å². The molecule has 1 heterocycles. The van der Waals surface area contributed by atoms with Crippen molar-refractivity contribution < 1.29 is 19.7 Å². The lowest BCUT2D eigenvalue weighted by atomic mass is 10.2. The number of rotatable bonds is 9. The molecule has 120 valence electrons. The average molecular weight is 290 g/mol. The largest absolute Gasteiger partial charge is 0.392 e. The van der Waals surface area contributed by atoms with Crippen LogP contribution in [-0.2, 0) is 9.47 Å².